The zero-order chi connectivity index (χ0) is 18.1. The van der Waals surface area contributed by atoms with E-state index in [1.165, 1.54) is 14.0 Å². The lowest BCUT2D eigenvalue weighted by molar-refractivity contribution is 0.210. The minimum Gasteiger partial charge on any atom is -0.337 e. The lowest BCUT2D eigenvalue weighted by atomic mass is 10.1. The number of anilines is 2. The average molecular weight is 361 g/mol. The molecule has 0 atom stereocenters. The SMILES string of the molecule is CCS(=O)(=O)Nc1cc(N2CN(C)C(C(F)F)=N2)c(F)cc1C#N. The molecule has 1 heterocycles. The highest BCUT2D eigenvalue weighted by Crippen LogP contribution is 2.30. The summed E-state index contributed by atoms with van der Waals surface area (Å²) in [6.45, 7) is 1.26. The summed E-state index contributed by atoms with van der Waals surface area (Å²) in [6.07, 6.45) is -2.83. The summed E-state index contributed by atoms with van der Waals surface area (Å²) in [5, 5.41) is 13.6. The van der Waals surface area contributed by atoms with E-state index < -0.39 is 28.1 Å². The molecule has 0 spiro atoms. The lowest BCUT2D eigenvalue weighted by Gasteiger charge is -2.18. The molecule has 0 bridgehead atoms. The molecule has 0 amide bonds. The van der Waals surface area contributed by atoms with Gasteiger partial charge >= 0.3 is 0 Å². The fourth-order valence-corrected chi connectivity index (χ4v) is 2.67. The molecule has 0 radical (unpaired) electrons. The third-order valence-corrected chi connectivity index (χ3v) is 4.58. The predicted octanol–water partition coefficient (Wildman–Crippen LogP) is 1.75. The molecule has 11 heteroatoms. The molecule has 7 nitrogen and oxygen atoms in total. The number of halogens is 3. The predicted molar refractivity (Wildman–Crippen MR) is 82.7 cm³/mol. The van der Waals surface area contributed by atoms with Crippen LogP contribution in [-0.4, -0.2) is 45.0 Å². The Bertz CT molecular complexity index is 820. The van der Waals surface area contributed by atoms with Gasteiger partial charge in [-0.05, 0) is 19.1 Å². The topological polar surface area (TPSA) is 88.8 Å². The van der Waals surface area contributed by atoms with E-state index in [1.807, 2.05) is 0 Å². The van der Waals surface area contributed by atoms with Crippen LogP contribution in [-0.2, 0) is 10.0 Å². The zero-order valence-electron chi connectivity index (χ0n) is 12.8. The molecule has 130 valence electrons. The summed E-state index contributed by atoms with van der Waals surface area (Å²) in [6, 6.07) is 3.58. The van der Waals surface area contributed by atoms with Gasteiger partial charge in [-0.3, -0.25) is 4.72 Å². The third-order valence-electron chi connectivity index (χ3n) is 3.29. The van der Waals surface area contributed by atoms with E-state index in [0.717, 1.165) is 22.0 Å². The summed E-state index contributed by atoms with van der Waals surface area (Å²) < 4.78 is 65.4. The van der Waals surface area contributed by atoms with Gasteiger partial charge in [0.2, 0.25) is 10.0 Å². The fourth-order valence-electron chi connectivity index (χ4n) is 2.02. The van der Waals surface area contributed by atoms with Gasteiger partial charge in [-0.2, -0.15) is 10.4 Å². The Labute approximate surface area is 137 Å². The van der Waals surface area contributed by atoms with Gasteiger partial charge in [0.05, 0.1) is 22.7 Å². The van der Waals surface area contributed by atoms with Gasteiger partial charge in [-0.1, -0.05) is 0 Å². The Morgan fingerprint density at radius 3 is 2.62 bits per heavy atom. The number of rotatable bonds is 5. The molecule has 1 N–H and O–H groups in total. The highest BCUT2D eigenvalue weighted by molar-refractivity contribution is 7.92. The van der Waals surface area contributed by atoms with Crippen molar-refractivity contribution in [2.75, 3.05) is 29.2 Å². The number of benzene rings is 1. The standard InChI is InChI=1S/C13H14F3N5O2S/c1-3-24(22,23)19-10-5-11(9(14)4-8(10)6-17)21-7-20(2)13(18-21)12(15)16/h4-5,12,19H,3,7H2,1-2H3. The van der Waals surface area contributed by atoms with Crippen molar-refractivity contribution in [1.82, 2.24) is 4.90 Å². The van der Waals surface area contributed by atoms with Crippen LogP contribution in [0.15, 0.2) is 17.2 Å². The highest BCUT2D eigenvalue weighted by Gasteiger charge is 2.29. The maximum atomic E-state index is 14.2. The van der Waals surface area contributed by atoms with Crippen LogP contribution in [0.5, 0.6) is 0 Å². The molecule has 1 aliphatic rings. The first-order valence-corrected chi connectivity index (χ1v) is 8.43. The average Bonchev–Trinajstić information content (AvgIpc) is 2.90. The number of nitrogens with one attached hydrogen (secondary N) is 1. The van der Waals surface area contributed by atoms with Crippen LogP contribution in [0, 0.1) is 17.1 Å². The van der Waals surface area contributed by atoms with E-state index in [-0.39, 0.29) is 29.4 Å². The van der Waals surface area contributed by atoms with Gasteiger partial charge in [-0.15, -0.1) is 0 Å². The first-order valence-electron chi connectivity index (χ1n) is 6.78. The minimum absolute atomic E-state index is 0.136. The summed E-state index contributed by atoms with van der Waals surface area (Å²) in [7, 11) is -2.33. The number of sulfonamides is 1. The van der Waals surface area contributed by atoms with Gasteiger partial charge in [0.25, 0.3) is 6.43 Å². The number of amidine groups is 1. The Balaban J connectivity index is 2.48. The van der Waals surface area contributed by atoms with Gasteiger partial charge in [0, 0.05) is 7.05 Å². The lowest BCUT2D eigenvalue weighted by Crippen LogP contribution is -2.30. The van der Waals surface area contributed by atoms with Crippen LogP contribution in [0.4, 0.5) is 24.5 Å². The van der Waals surface area contributed by atoms with Crippen molar-refractivity contribution in [2.45, 2.75) is 13.3 Å². The van der Waals surface area contributed by atoms with Crippen LogP contribution in [0.1, 0.15) is 12.5 Å². The molecule has 0 aromatic heterocycles. The summed E-state index contributed by atoms with van der Waals surface area (Å²) in [4.78, 5) is 1.14. The first-order chi connectivity index (χ1) is 11.2. The second-order valence-electron chi connectivity index (χ2n) is 4.96. The molecular formula is C13H14F3N5O2S. The van der Waals surface area contributed by atoms with E-state index >= 15 is 0 Å². The second kappa shape index (κ2) is 6.56. The second-order valence-corrected chi connectivity index (χ2v) is 6.98. The van der Waals surface area contributed by atoms with Gasteiger partial charge in [0.15, 0.2) is 5.84 Å². The van der Waals surface area contributed by atoms with Gasteiger partial charge in [-0.25, -0.2) is 26.6 Å². The Hall–Kier alpha value is -2.48. The maximum Gasteiger partial charge on any atom is 0.297 e. The van der Waals surface area contributed by atoms with E-state index in [4.69, 9.17) is 5.26 Å². The fraction of sp³-hybridized carbons (Fsp3) is 0.385. The molecule has 2 rings (SSSR count). The Morgan fingerprint density at radius 2 is 2.12 bits per heavy atom. The highest BCUT2D eigenvalue weighted by atomic mass is 32.2. The van der Waals surface area contributed by atoms with E-state index in [2.05, 4.69) is 9.82 Å². The number of nitriles is 1. The largest absolute Gasteiger partial charge is 0.337 e. The minimum atomic E-state index is -3.70. The number of alkyl halides is 2. The van der Waals surface area contributed by atoms with Crippen molar-refractivity contribution in [2.24, 2.45) is 5.10 Å². The van der Waals surface area contributed by atoms with Crippen molar-refractivity contribution in [1.29, 1.82) is 5.26 Å². The van der Waals surface area contributed by atoms with Crippen LogP contribution in [0.25, 0.3) is 0 Å². The quantitative estimate of drug-likeness (QED) is 0.863. The molecule has 24 heavy (non-hydrogen) atoms. The molecule has 0 saturated carbocycles. The smallest absolute Gasteiger partial charge is 0.297 e. The summed E-state index contributed by atoms with van der Waals surface area (Å²) in [5.74, 6) is -1.65. The van der Waals surface area contributed by atoms with Crippen LogP contribution in [0.3, 0.4) is 0 Å². The monoisotopic (exact) mass is 361 g/mol. The molecule has 0 aliphatic carbocycles. The number of hydrogen-bond acceptors (Lipinski definition) is 6. The van der Waals surface area contributed by atoms with Crippen molar-refractivity contribution >= 4 is 27.2 Å². The molecule has 1 aromatic carbocycles. The van der Waals surface area contributed by atoms with Crippen LogP contribution < -0.4 is 9.73 Å². The van der Waals surface area contributed by atoms with Crippen LogP contribution >= 0.6 is 0 Å². The molecule has 0 unspecified atom stereocenters. The first kappa shape index (κ1) is 17.9. The molecule has 0 saturated heterocycles. The van der Waals surface area contributed by atoms with Gasteiger partial charge < -0.3 is 4.90 Å². The number of hydrogen-bond donors (Lipinski definition) is 1. The molecule has 1 aromatic rings. The Kier molecular flexibility index (Phi) is 4.88. The van der Waals surface area contributed by atoms with Crippen molar-refractivity contribution in [3.8, 4) is 6.07 Å². The van der Waals surface area contributed by atoms with Crippen molar-refractivity contribution < 1.29 is 21.6 Å². The van der Waals surface area contributed by atoms with E-state index in [9.17, 15) is 21.6 Å². The van der Waals surface area contributed by atoms with E-state index in [1.54, 1.807) is 6.07 Å². The summed E-state index contributed by atoms with van der Waals surface area (Å²) in [5.41, 5.74) is -0.580. The zero-order valence-corrected chi connectivity index (χ0v) is 13.6. The van der Waals surface area contributed by atoms with Crippen LogP contribution in [0.2, 0.25) is 0 Å². The molecule has 1 aliphatic heterocycles. The normalized spacial score (nSPS) is 14.8. The molecule has 0 fully saturated rings. The Morgan fingerprint density at radius 1 is 1.46 bits per heavy atom. The van der Waals surface area contributed by atoms with Crippen molar-refractivity contribution in [3.63, 3.8) is 0 Å². The maximum absolute atomic E-state index is 14.2. The molecular weight excluding hydrogens is 347 g/mol. The van der Waals surface area contributed by atoms with E-state index in [0.29, 0.717) is 0 Å². The number of hydrazone groups is 1. The third kappa shape index (κ3) is 3.53. The van der Waals surface area contributed by atoms with Crippen molar-refractivity contribution in [3.05, 3.63) is 23.5 Å². The summed E-state index contributed by atoms with van der Waals surface area (Å²) >= 11 is 0. The number of nitrogens with zero attached hydrogens (tertiary/aromatic N) is 4. The van der Waals surface area contributed by atoms with Gasteiger partial charge in [0.1, 0.15) is 18.6 Å².